The molecule has 2 aromatic carbocycles. The van der Waals surface area contributed by atoms with Crippen LogP contribution in [0.25, 0.3) is 0 Å². The minimum absolute atomic E-state index is 0.310. The summed E-state index contributed by atoms with van der Waals surface area (Å²) < 4.78 is 1.09. The van der Waals surface area contributed by atoms with E-state index < -0.39 is 0 Å². The Balaban J connectivity index is 1.65. The van der Waals surface area contributed by atoms with E-state index in [9.17, 15) is 0 Å². The molecule has 0 spiro atoms. The second kappa shape index (κ2) is 6.44. The molecule has 0 saturated heterocycles. The molecule has 1 aromatic heterocycles. The van der Waals surface area contributed by atoms with E-state index in [0.29, 0.717) is 17.8 Å². The van der Waals surface area contributed by atoms with Crippen molar-refractivity contribution in [3.05, 3.63) is 64.3 Å². The summed E-state index contributed by atoms with van der Waals surface area (Å²) in [6, 6.07) is 14.8. The van der Waals surface area contributed by atoms with E-state index in [-0.39, 0.29) is 0 Å². The maximum absolute atomic E-state index is 4.68. The van der Waals surface area contributed by atoms with E-state index in [2.05, 4.69) is 79.4 Å². The van der Waals surface area contributed by atoms with Crippen molar-refractivity contribution >= 4 is 39.1 Å². The first-order chi connectivity index (χ1) is 12.1. The van der Waals surface area contributed by atoms with Gasteiger partial charge in [0.1, 0.15) is 0 Å². The van der Waals surface area contributed by atoms with Crippen molar-refractivity contribution in [1.82, 2.24) is 15.2 Å². The SMILES string of the molecule is Cc1cc(Nc2cnnc(N3c4ccccc4CC3C)n2)ccc1Br. The van der Waals surface area contributed by atoms with Gasteiger partial charge in [-0.05, 0) is 55.7 Å². The quantitative estimate of drug-likeness (QED) is 0.691. The van der Waals surface area contributed by atoms with E-state index >= 15 is 0 Å². The number of halogens is 1. The summed E-state index contributed by atoms with van der Waals surface area (Å²) in [5.74, 6) is 1.31. The molecule has 1 N–H and O–H groups in total. The molecule has 0 radical (unpaired) electrons. The van der Waals surface area contributed by atoms with Crippen molar-refractivity contribution in [3.8, 4) is 0 Å². The number of para-hydroxylation sites is 1. The summed E-state index contributed by atoms with van der Waals surface area (Å²) in [5, 5.41) is 11.7. The van der Waals surface area contributed by atoms with Crippen molar-refractivity contribution in [2.75, 3.05) is 10.2 Å². The lowest BCUT2D eigenvalue weighted by molar-refractivity contribution is 0.730. The number of hydrogen-bond acceptors (Lipinski definition) is 5. The first kappa shape index (κ1) is 16.0. The van der Waals surface area contributed by atoms with Crippen molar-refractivity contribution in [3.63, 3.8) is 0 Å². The van der Waals surface area contributed by atoms with Gasteiger partial charge in [0.2, 0.25) is 0 Å². The van der Waals surface area contributed by atoms with Crippen LogP contribution in [-0.4, -0.2) is 21.2 Å². The first-order valence-corrected chi connectivity index (χ1v) is 9.01. The van der Waals surface area contributed by atoms with Crippen molar-refractivity contribution in [1.29, 1.82) is 0 Å². The number of benzene rings is 2. The molecule has 0 saturated carbocycles. The molecular weight excluding hydrogens is 378 g/mol. The Hall–Kier alpha value is -2.47. The fourth-order valence-corrected chi connectivity index (χ4v) is 3.44. The molecular formula is C19H18BrN5. The summed E-state index contributed by atoms with van der Waals surface area (Å²) in [5.41, 5.74) is 4.62. The standard InChI is InChI=1S/C19H18BrN5/c1-12-9-15(7-8-16(12)20)22-18-11-21-24-19(23-18)25-13(2)10-14-5-3-4-6-17(14)25/h3-9,11,13H,10H2,1-2H3,(H,22,23,24). The summed E-state index contributed by atoms with van der Waals surface area (Å²) in [4.78, 5) is 6.83. The van der Waals surface area contributed by atoms with Gasteiger partial charge in [-0.2, -0.15) is 10.1 Å². The predicted molar refractivity (Wildman–Crippen MR) is 104 cm³/mol. The maximum atomic E-state index is 4.68. The fraction of sp³-hybridized carbons (Fsp3) is 0.211. The Morgan fingerprint density at radius 3 is 2.88 bits per heavy atom. The van der Waals surface area contributed by atoms with Crippen LogP contribution in [0.3, 0.4) is 0 Å². The van der Waals surface area contributed by atoms with Crippen molar-refractivity contribution < 1.29 is 0 Å². The first-order valence-electron chi connectivity index (χ1n) is 8.22. The Labute approximate surface area is 155 Å². The van der Waals surface area contributed by atoms with Gasteiger partial charge in [-0.3, -0.25) is 0 Å². The minimum atomic E-state index is 0.310. The van der Waals surface area contributed by atoms with Gasteiger partial charge < -0.3 is 10.2 Å². The Bertz CT molecular complexity index is 927. The van der Waals surface area contributed by atoms with Crippen LogP contribution in [0.15, 0.2) is 53.1 Å². The van der Waals surface area contributed by atoms with Gasteiger partial charge in [-0.1, -0.05) is 34.1 Å². The minimum Gasteiger partial charge on any atom is -0.339 e. The molecule has 4 rings (SSSR count). The number of nitrogens with one attached hydrogen (secondary N) is 1. The van der Waals surface area contributed by atoms with Gasteiger partial charge >= 0.3 is 0 Å². The average Bonchev–Trinajstić information content (AvgIpc) is 2.94. The zero-order chi connectivity index (χ0) is 17.4. The van der Waals surface area contributed by atoms with E-state index in [1.807, 2.05) is 18.2 Å². The van der Waals surface area contributed by atoms with Gasteiger partial charge in [-0.25, -0.2) is 0 Å². The third-order valence-corrected chi connectivity index (χ3v) is 5.29. The van der Waals surface area contributed by atoms with E-state index in [0.717, 1.165) is 27.8 Å². The normalized spacial score (nSPS) is 16.0. The van der Waals surface area contributed by atoms with Crippen LogP contribution in [0.4, 0.5) is 23.1 Å². The van der Waals surface area contributed by atoms with Crippen molar-refractivity contribution in [2.45, 2.75) is 26.3 Å². The summed E-state index contributed by atoms with van der Waals surface area (Å²) in [6.07, 6.45) is 2.64. The van der Waals surface area contributed by atoms with Crippen LogP contribution in [0.1, 0.15) is 18.1 Å². The number of fused-ring (bicyclic) bond motifs is 1. The average molecular weight is 396 g/mol. The molecule has 0 fully saturated rings. The molecule has 6 heteroatoms. The smallest absolute Gasteiger partial charge is 0.252 e. The predicted octanol–water partition coefficient (Wildman–Crippen LogP) is 4.77. The van der Waals surface area contributed by atoms with Gasteiger partial charge in [0, 0.05) is 21.9 Å². The maximum Gasteiger partial charge on any atom is 0.252 e. The second-order valence-electron chi connectivity index (χ2n) is 6.28. The van der Waals surface area contributed by atoms with Gasteiger partial charge in [0.25, 0.3) is 5.95 Å². The van der Waals surface area contributed by atoms with E-state index in [1.165, 1.54) is 5.56 Å². The topological polar surface area (TPSA) is 53.9 Å². The highest BCUT2D eigenvalue weighted by Crippen LogP contribution is 2.36. The highest BCUT2D eigenvalue weighted by molar-refractivity contribution is 9.10. The Morgan fingerprint density at radius 1 is 1.20 bits per heavy atom. The van der Waals surface area contributed by atoms with Crippen LogP contribution >= 0.6 is 15.9 Å². The highest BCUT2D eigenvalue weighted by Gasteiger charge is 2.29. The molecule has 1 aliphatic heterocycles. The second-order valence-corrected chi connectivity index (χ2v) is 7.14. The van der Waals surface area contributed by atoms with Crippen LogP contribution in [-0.2, 0) is 6.42 Å². The molecule has 1 aliphatic rings. The molecule has 0 bridgehead atoms. The molecule has 3 aromatic rings. The van der Waals surface area contributed by atoms with Crippen LogP contribution in [0.5, 0.6) is 0 Å². The van der Waals surface area contributed by atoms with Gasteiger partial charge in [0.05, 0.1) is 6.20 Å². The zero-order valence-electron chi connectivity index (χ0n) is 14.1. The fourth-order valence-electron chi connectivity index (χ4n) is 3.20. The van der Waals surface area contributed by atoms with Gasteiger partial charge in [-0.15, -0.1) is 5.10 Å². The lowest BCUT2D eigenvalue weighted by Crippen LogP contribution is -2.26. The van der Waals surface area contributed by atoms with Crippen LogP contribution < -0.4 is 10.2 Å². The Morgan fingerprint density at radius 2 is 2.04 bits per heavy atom. The van der Waals surface area contributed by atoms with Crippen LogP contribution in [0.2, 0.25) is 0 Å². The van der Waals surface area contributed by atoms with Gasteiger partial charge in [0.15, 0.2) is 5.82 Å². The van der Waals surface area contributed by atoms with E-state index in [4.69, 9.17) is 0 Å². The molecule has 126 valence electrons. The Kier molecular flexibility index (Phi) is 4.13. The molecule has 1 unspecified atom stereocenters. The molecule has 5 nitrogen and oxygen atoms in total. The third-order valence-electron chi connectivity index (χ3n) is 4.40. The third kappa shape index (κ3) is 3.09. The number of rotatable bonds is 3. The summed E-state index contributed by atoms with van der Waals surface area (Å²) >= 11 is 3.52. The molecule has 25 heavy (non-hydrogen) atoms. The summed E-state index contributed by atoms with van der Waals surface area (Å²) in [6.45, 7) is 4.24. The zero-order valence-corrected chi connectivity index (χ0v) is 15.7. The summed E-state index contributed by atoms with van der Waals surface area (Å²) in [7, 11) is 0. The molecule has 2 heterocycles. The highest BCUT2D eigenvalue weighted by atomic mass is 79.9. The largest absolute Gasteiger partial charge is 0.339 e. The number of aromatic nitrogens is 3. The molecule has 0 amide bonds. The molecule has 1 atom stereocenters. The lowest BCUT2D eigenvalue weighted by atomic mass is 10.1. The number of nitrogens with zero attached hydrogens (tertiary/aromatic N) is 4. The molecule has 0 aliphatic carbocycles. The van der Waals surface area contributed by atoms with E-state index in [1.54, 1.807) is 6.20 Å². The number of anilines is 4. The number of hydrogen-bond donors (Lipinski definition) is 1. The number of aryl methyl sites for hydroxylation is 1. The monoisotopic (exact) mass is 395 g/mol. The van der Waals surface area contributed by atoms with Crippen LogP contribution in [0, 0.1) is 6.92 Å². The van der Waals surface area contributed by atoms with Crippen molar-refractivity contribution in [2.24, 2.45) is 0 Å². The lowest BCUT2D eigenvalue weighted by Gasteiger charge is -2.22.